The van der Waals surface area contributed by atoms with Gasteiger partial charge in [-0.05, 0) is 36.8 Å². The summed E-state index contributed by atoms with van der Waals surface area (Å²) in [6, 6.07) is 25.2. The van der Waals surface area contributed by atoms with Gasteiger partial charge in [-0.2, -0.15) is 5.26 Å². The lowest BCUT2D eigenvalue weighted by Crippen LogP contribution is -2.37. The molecule has 0 radical (unpaired) electrons. The highest BCUT2D eigenvalue weighted by Crippen LogP contribution is 2.27. The molecule has 3 aromatic carbocycles. The van der Waals surface area contributed by atoms with Gasteiger partial charge in [0.15, 0.2) is 6.10 Å². The van der Waals surface area contributed by atoms with Crippen molar-refractivity contribution in [3.05, 3.63) is 90.0 Å². The van der Waals surface area contributed by atoms with Gasteiger partial charge in [0.25, 0.3) is 5.91 Å². The van der Waals surface area contributed by atoms with E-state index in [0.29, 0.717) is 27.9 Å². The molecule has 29 heavy (non-hydrogen) atoms. The van der Waals surface area contributed by atoms with Crippen LogP contribution in [0.3, 0.4) is 0 Å². The Morgan fingerprint density at radius 1 is 0.897 bits per heavy atom. The second-order valence-electron chi connectivity index (χ2n) is 6.48. The highest BCUT2D eigenvalue weighted by Gasteiger charge is 2.24. The fraction of sp³-hybridized carbons (Fsp3) is 0.125. The van der Waals surface area contributed by atoms with Crippen molar-refractivity contribution in [2.45, 2.75) is 13.0 Å². The Hall–Kier alpha value is -3.91. The Labute approximate surface area is 169 Å². The third-order valence-corrected chi connectivity index (χ3v) is 4.59. The maximum Gasteiger partial charge on any atom is 0.339 e. The molecule has 1 amide bonds. The van der Waals surface area contributed by atoms with Crippen LogP contribution in [0.1, 0.15) is 22.8 Å². The first-order chi connectivity index (χ1) is 14.0. The molecule has 5 heteroatoms. The number of rotatable bonds is 5. The van der Waals surface area contributed by atoms with E-state index in [0.717, 1.165) is 0 Å². The van der Waals surface area contributed by atoms with Gasteiger partial charge in [-0.3, -0.25) is 4.79 Å². The SMILES string of the molecule is C[C@H](OC(=O)c1ccccc1-c1ccccc1C#N)C(=O)N(C)c1ccccc1. The number of anilines is 1. The molecule has 1 atom stereocenters. The summed E-state index contributed by atoms with van der Waals surface area (Å²) in [5, 5.41) is 9.38. The molecule has 0 fully saturated rings. The molecule has 0 heterocycles. The normalized spacial score (nSPS) is 11.2. The number of carbonyl (C=O) groups is 2. The molecule has 0 spiro atoms. The molecule has 3 rings (SSSR count). The van der Waals surface area contributed by atoms with Crippen molar-refractivity contribution in [3.63, 3.8) is 0 Å². The zero-order valence-electron chi connectivity index (χ0n) is 16.2. The van der Waals surface area contributed by atoms with Gasteiger partial charge >= 0.3 is 5.97 Å². The summed E-state index contributed by atoms with van der Waals surface area (Å²) < 4.78 is 5.46. The first kappa shape index (κ1) is 19.8. The third kappa shape index (κ3) is 4.33. The highest BCUT2D eigenvalue weighted by atomic mass is 16.5. The lowest BCUT2D eigenvalue weighted by atomic mass is 9.96. The van der Waals surface area contributed by atoms with E-state index in [1.165, 1.54) is 4.90 Å². The molecule has 0 unspecified atom stereocenters. The van der Waals surface area contributed by atoms with Crippen molar-refractivity contribution in [2.75, 3.05) is 11.9 Å². The number of likely N-dealkylation sites (N-methyl/N-ethyl adjacent to an activating group) is 1. The molecule has 0 aliphatic rings. The van der Waals surface area contributed by atoms with E-state index >= 15 is 0 Å². The summed E-state index contributed by atoms with van der Waals surface area (Å²) in [5.74, 6) is -0.949. The second kappa shape index (κ2) is 8.85. The Morgan fingerprint density at radius 2 is 1.48 bits per heavy atom. The molecule has 0 N–H and O–H groups in total. The van der Waals surface area contributed by atoms with Gasteiger partial charge in [0.2, 0.25) is 0 Å². The van der Waals surface area contributed by atoms with Crippen LogP contribution in [0, 0.1) is 11.3 Å². The van der Waals surface area contributed by atoms with Crippen molar-refractivity contribution in [1.82, 2.24) is 0 Å². The van der Waals surface area contributed by atoms with E-state index in [-0.39, 0.29) is 5.91 Å². The third-order valence-electron chi connectivity index (χ3n) is 4.59. The van der Waals surface area contributed by atoms with Crippen LogP contribution in [0.4, 0.5) is 5.69 Å². The molecule has 0 aromatic heterocycles. The van der Waals surface area contributed by atoms with Gasteiger partial charge < -0.3 is 9.64 Å². The maximum absolute atomic E-state index is 12.8. The van der Waals surface area contributed by atoms with Crippen LogP contribution in [0.15, 0.2) is 78.9 Å². The van der Waals surface area contributed by atoms with Gasteiger partial charge in [-0.1, -0.05) is 54.6 Å². The molecule has 5 nitrogen and oxygen atoms in total. The number of ether oxygens (including phenoxy) is 1. The van der Waals surface area contributed by atoms with Crippen molar-refractivity contribution < 1.29 is 14.3 Å². The molecule has 0 saturated heterocycles. The number of esters is 1. The number of nitriles is 1. The zero-order chi connectivity index (χ0) is 20.8. The van der Waals surface area contributed by atoms with Gasteiger partial charge in [0, 0.05) is 18.3 Å². The van der Waals surface area contributed by atoms with Gasteiger partial charge in [0.05, 0.1) is 17.2 Å². The first-order valence-electron chi connectivity index (χ1n) is 9.15. The molecular formula is C24H20N2O3. The van der Waals surface area contributed by atoms with Gasteiger partial charge in [-0.15, -0.1) is 0 Å². The Balaban J connectivity index is 1.83. The van der Waals surface area contributed by atoms with Crippen molar-refractivity contribution >= 4 is 17.6 Å². The molecular weight excluding hydrogens is 364 g/mol. The molecule has 0 saturated carbocycles. The van der Waals surface area contributed by atoms with Crippen molar-refractivity contribution in [2.24, 2.45) is 0 Å². The molecule has 0 aliphatic carbocycles. The Kier molecular flexibility index (Phi) is 6.06. The Bertz CT molecular complexity index is 1070. The van der Waals surface area contributed by atoms with Crippen LogP contribution in [-0.2, 0) is 9.53 Å². The summed E-state index contributed by atoms with van der Waals surface area (Å²) in [6.07, 6.45) is -0.966. The van der Waals surface area contributed by atoms with Crippen LogP contribution in [-0.4, -0.2) is 25.0 Å². The predicted molar refractivity (Wildman–Crippen MR) is 111 cm³/mol. The highest BCUT2D eigenvalue weighted by molar-refractivity contribution is 6.01. The second-order valence-corrected chi connectivity index (χ2v) is 6.48. The van der Waals surface area contributed by atoms with Gasteiger partial charge in [0.1, 0.15) is 0 Å². The van der Waals surface area contributed by atoms with Crippen LogP contribution in [0.5, 0.6) is 0 Å². The van der Waals surface area contributed by atoms with Gasteiger partial charge in [-0.25, -0.2) is 4.79 Å². The number of carbonyl (C=O) groups excluding carboxylic acids is 2. The van der Waals surface area contributed by atoms with Crippen LogP contribution in [0.2, 0.25) is 0 Å². The summed E-state index contributed by atoms with van der Waals surface area (Å²) in [5.41, 5.74) is 2.70. The Morgan fingerprint density at radius 3 is 2.17 bits per heavy atom. The molecule has 0 aliphatic heterocycles. The summed E-state index contributed by atoms with van der Waals surface area (Å²) in [4.78, 5) is 27.0. The summed E-state index contributed by atoms with van der Waals surface area (Å²) in [6.45, 7) is 1.55. The van der Waals surface area contributed by atoms with Crippen LogP contribution >= 0.6 is 0 Å². The van der Waals surface area contributed by atoms with Crippen molar-refractivity contribution in [3.8, 4) is 17.2 Å². The van der Waals surface area contributed by atoms with E-state index in [1.54, 1.807) is 74.6 Å². The van der Waals surface area contributed by atoms with E-state index in [2.05, 4.69) is 6.07 Å². The van der Waals surface area contributed by atoms with E-state index in [9.17, 15) is 14.9 Å². The van der Waals surface area contributed by atoms with E-state index in [1.807, 2.05) is 18.2 Å². The van der Waals surface area contributed by atoms with Crippen LogP contribution in [0.25, 0.3) is 11.1 Å². The lowest BCUT2D eigenvalue weighted by Gasteiger charge is -2.22. The number of hydrogen-bond acceptors (Lipinski definition) is 4. The zero-order valence-corrected chi connectivity index (χ0v) is 16.2. The average Bonchev–Trinajstić information content (AvgIpc) is 2.78. The summed E-state index contributed by atoms with van der Waals surface area (Å²) in [7, 11) is 1.64. The maximum atomic E-state index is 12.8. The van der Waals surface area contributed by atoms with E-state index in [4.69, 9.17) is 4.74 Å². The topological polar surface area (TPSA) is 70.4 Å². The fourth-order valence-electron chi connectivity index (χ4n) is 3.04. The number of para-hydroxylation sites is 1. The number of nitrogens with zero attached hydrogens (tertiary/aromatic N) is 2. The predicted octanol–water partition coefficient (Wildman–Crippen LogP) is 4.43. The largest absolute Gasteiger partial charge is 0.449 e. The average molecular weight is 384 g/mol. The molecule has 0 bridgehead atoms. The standard InChI is InChI=1S/C24H20N2O3/c1-17(23(27)26(2)19-11-4-3-5-12-19)29-24(28)22-15-9-8-14-21(22)20-13-7-6-10-18(20)16-25/h3-15,17H,1-2H3/t17-/m0/s1. The number of benzene rings is 3. The minimum absolute atomic E-state index is 0.303. The lowest BCUT2D eigenvalue weighted by molar-refractivity contribution is -0.126. The quantitative estimate of drug-likeness (QED) is 0.610. The summed E-state index contributed by atoms with van der Waals surface area (Å²) >= 11 is 0. The van der Waals surface area contributed by atoms with Crippen LogP contribution < -0.4 is 4.90 Å². The van der Waals surface area contributed by atoms with E-state index < -0.39 is 12.1 Å². The smallest absolute Gasteiger partial charge is 0.339 e. The first-order valence-corrected chi connectivity index (χ1v) is 9.15. The number of hydrogen-bond donors (Lipinski definition) is 0. The number of amides is 1. The minimum Gasteiger partial charge on any atom is -0.449 e. The van der Waals surface area contributed by atoms with Crippen molar-refractivity contribution in [1.29, 1.82) is 5.26 Å². The molecule has 3 aromatic rings. The fourth-order valence-corrected chi connectivity index (χ4v) is 3.04. The minimum atomic E-state index is -0.966. The monoisotopic (exact) mass is 384 g/mol. The molecule has 144 valence electrons.